The van der Waals surface area contributed by atoms with Crippen LogP contribution in [0.3, 0.4) is 0 Å². The Balaban J connectivity index is 1.63. The minimum atomic E-state index is -4.90. The van der Waals surface area contributed by atoms with Gasteiger partial charge in [-0.1, -0.05) is 17.7 Å². The van der Waals surface area contributed by atoms with Gasteiger partial charge in [0, 0.05) is 6.26 Å². The van der Waals surface area contributed by atoms with E-state index in [-0.39, 0.29) is 21.3 Å². The van der Waals surface area contributed by atoms with E-state index in [4.69, 9.17) is 9.47 Å². The Bertz CT molecular complexity index is 1790. The fourth-order valence-electron chi connectivity index (χ4n) is 3.39. The predicted octanol–water partition coefficient (Wildman–Crippen LogP) is 5.06. The summed E-state index contributed by atoms with van der Waals surface area (Å²) in [5, 5.41) is 0. The maximum atomic E-state index is 13.2. The SMILES string of the molecule is Cc1ccc(Oc2ccc(S(=O)(=O)c3ccc(Oc4ccc(S(C)(=O)=O)cc4)c(S(=O)(=O)O)c3)cc2)cc1. The lowest BCUT2D eigenvalue weighted by molar-refractivity contribution is 0.449. The molecule has 0 radical (unpaired) electrons. The predicted molar refractivity (Wildman–Crippen MR) is 139 cm³/mol. The maximum absolute atomic E-state index is 13.2. The summed E-state index contributed by atoms with van der Waals surface area (Å²) < 4.78 is 94.8. The van der Waals surface area contributed by atoms with E-state index in [0.29, 0.717) is 11.5 Å². The molecule has 0 aliphatic heterocycles. The lowest BCUT2D eigenvalue weighted by Gasteiger charge is -2.12. The van der Waals surface area contributed by atoms with E-state index in [2.05, 4.69) is 0 Å². The van der Waals surface area contributed by atoms with Gasteiger partial charge in [0.25, 0.3) is 10.1 Å². The van der Waals surface area contributed by atoms with Crippen LogP contribution >= 0.6 is 0 Å². The lowest BCUT2D eigenvalue weighted by Crippen LogP contribution is -2.06. The first-order chi connectivity index (χ1) is 17.7. The van der Waals surface area contributed by atoms with Crippen molar-refractivity contribution in [3.63, 3.8) is 0 Å². The van der Waals surface area contributed by atoms with Gasteiger partial charge in [0.05, 0.1) is 14.7 Å². The van der Waals surface area contributed by atoms with Crippen LogP contribution in [-0.4, -0.2) is 36.1 Å². The third-order valence-electron chi connectivity index (χ3n) is 5.37. The first kappa shape index (κ1) is 27.3. The zero-order chi connectivity index (χ0) is 27.7. The molecule has 0 aliphatic rings. The highest BCUT2D eigenvalue weighted by Crippen LogP contribution is 2.34. The van der Waals surface area contributed by atoms with Crippen molar-refractivity contribution in [2.24, 2.45) is 0 Å². The first-order valence-electron chi connectivity index (χ1n) is 10.9. The van der Waals surface area contributed by atoms with Crippen molar-refractivity contribution in [2.75, 3.05) is 6.26 Å². The van der Waals surface area contributed by atoms with Gasteiger partial charge in [-0.2, -0.15) is 8.42 Å². The molecular weight excluding hydrogens is 552 g/mol. The van der Waals surface area contributed by atoms with Gasteiger partial charge in [0.15, 0.2) is 9.84 Å². The van der Waals surface area contributed by atoms with Crippen LogP contribution in [0.25, 0.3) is 0 Å². The molecule has 9 nitrogen and oxygen atoms in total. The molecule has 0 spiro atoms. The highest BCUT2D eigenvalue weighted by atomic mass is 32.2. The Morgan fingerprint density at radius 3 is 1.53 bits per heavy atom. The molecule has 0 aliphatic carbocycles. The van der Waals surface area contributed by atoms with Crippen molar-refractivity contribution in [3.8, 4) is 23.0 Å². The summed E-state index contributed by atoms with van der Waals surface area (Å²) in [6.07, 6.45) is 1.03. The van der Waals surface area contributed by atoms with Crippen LogP contribution in [0.2, 0.25) is 0 Å². The number of benzene rings is 4. The molecule has 0 saturated heterocycles. The molecule has 12 heteroatoms. The summed E-state index contributed by atoms with van der Waals surface area (Å²) in [6, 6.07) is 21.0. The van der Waals surface area contributed by atoms with E-state index in [1.807, 2.05) is 19.1 Å². The Morgan fingerprint density at radius 2 is 1.03 bits per heavy atom. The highest BCUT2D eigenvalue weighted by Gasteiger charge is 2.25. The monoisotopic (exact) mass is 574 g/mol. The average molecular weight is 575 g/mol. The van der Waals surface area contributed by atoms with Crippen molar-refractivity contribution >= 4 is 29.8 Å². The second-order valence-corrected chi connectivity index (χ2v) is 13.7. The fourth-order valence-corrected chi connectivity index (χ4v) is 6.02. The number of rotatable bonds is 8. The summed E-state index contributed by atoms with van der Waals surface area (Å²) >= 11 is 0. The molecule has 38 heavy (non-hydrogen) atoms. The Hall–Kier alpha value is -3.71. The van der Waals surface area contributed by atoms with Crippen LogP contribution in [0.1, 0.15) is 5.56 Å². The molecule has 0 saturated carbocycles. The summed E-state index contributed by atoms with van der Waals surface area (Å²) in [7, 11) is -12.5. The fraction of sp³-hybridized carbons (Fsp3) is 0.0769. The Kier molecular flexibility index (Phi) is 7.35. The Labute approximate surface area is 220 Å². The second-order valence-electron chi connectivity index (χ2n) is 8.32. The molecule has 0 aromatic heterocycles. The van der Waals surface area contributed by atoms with Crippen molar-refractivity contribution in [3.05, 3.63) is 96.6 Å². The number of aryl methyl sites for hydroxylation is 1. The minimum absolute atomic E-state index is 0.0246. The van der Waals surface area contributed by atoms with Crippen molar-refractivity contribution in [2.45, 2.75) is 26.5 Å². The molecule has 0 bridgehead atoms. The smallest absolute Gasteiger partial charge is 0.298 e. The number of hydrogen-bond donors (Lipinski definition) is 1. The first-order valence-corrected chi connectivity index (χ1v) is 15.7. The molecule has 0 unspecified atom stereocenters. The number of ether oxygens (including phenoxy) is 2. The number of sulfone groups is 2. The lowest BCUT2D eigenvalue weighted by atomic mass is 10.2. The van der Waals surface area contributed by atoms with Crippen LogP contribution in [-0.2, 0) is 29.8 Å². The van der Waals surface area contributed by atoms with Gasteiger partial charge in [-0.05, 0) is 85.8 Å². The topological polar surface area (TPSA) is 141 Å². The standard InChI is InChI=1S/C26H22O9S3/c1-18-3-5-19(6-4-18)34-20-9-13-23(14-10-20)37(29,30)24-15-16-25(26(17-24)38(31,32)33)35-21-7-11-22(12-8-21)36(2,27)28/h3-17H,1-2H3,(H,31,32,33). The molecule has 4 aromatic rings. The van der Waals surface area contributed by atoms with Crippen molar-refractivity contribution < 1.29 is 39.3 Å². The molecule has 4 aromatic carbocycles. The van der Waals surface area contributed by atoms with Crippen LogP contribution in [0.4, 0.5) is 0 Å². The van der Waals surface area contributed by atoms with E-state index in [0.717, 1.165) is 30.0 Å². The molecule has 0 amide bonds. The van der Waals surface area contributed by atoms with Gasteiger partial charge in [0.2, 0.25) is 9.84 Å². The van der Waals surface area contributed by atoms with Gasteiger partial charge in [-0.15, -0.1) is 0 Å². The van der Waals surface area contributed by atoms with Crippen molar-refractivity contribution in [1.82, 2.24) is 0 Å². The van der Waals surface area contributed by atoms with Crippen LogP contribution in [0, 0.1) is 6.92 Å². The Morgan fingerprint density at radius 1 is 0.579 bits per heavy atom. The van der Waals surface area contributed by atoms with Crippen LogP contribution < -0.4 is 9.47 Å². The third kappa shape index (κ3) is 6.22. The van der Waals surface area contributed by atoms with Crippen LogP contribution in [0.5, 0.6) is 23.0 Å². The highest BCUT2D eigenvalue weighted by molar-refractivity contribution is 7.91. The minimum Gasteiger partial charge on any atom is -0.457 e. The average Bonchev–Trinajstić information content (AvgIpc) is 2.85. The van der Waals surface area contributed by atoms with E-state index in [9.17, 15) is 29.8 Å². The largest absolute Gasteiger partial charge is 0.457 e. The van der Waals surface area contributed by atoms with Crippen molar-refractivity contribution in [1.29, 1.82) is 0 Å². The summed E-state index contributed by atoms with van der Waals surface area (Å²) in [4.78, 5) is -1.26. The van der Waals surface area contributed by atoms with E-state index in [1.54, 1.807) is 12.1 Å². The summed E-state index contributed by atoms with van der Waals surface area (Å²) in [5.74, 6) is 0.699. The second kappa shape index (κ2) is 10.2. The molecule has 198 valence electrons. The maximum Gasteiger partial charge on any atom is 0.298 e. The quantitative estimate of drug-likeness (QED) is 0.286. The third-order valence-corrected chi connectivity index (χ3v) is 9.14. The molecule has 4 rings (SSSR count). The number of hydrogen-bond acceptors (Lipinski definition) is 8. The van der Waals surface area contributed by atoms with Gasteiger partial charge in [-0.3, -0.25) is 4.55 Å². The van der Waals surface area contributed by atoms with Gasteiger partial charge < -0.3 is 9.47 Å². The van der Waals surface area contributed by atoms with Gasteiger partial charge >= 0.3 is 0 Å². The molecule has 0 heterocycles. The van der Waals surface area contributed by atoms with E-state index >= 15 is 0 Å². The molecule has 0 atom stereocenters. The zero-order valence-electron chi connectivity index (χ0n) is 20.1. The van der Waals surface area contributed by atoms with Gasteiger partial charge in [-0.25, -0.2) is 16.8 Å². The van der Waals surface area contributed by atoms with Gasteiger partial charge in [0.1, 0.15) is 27.9 Å². The zero-order valence-corrected chi connectivity index (χ0v) is 22.5. The summed E-state index contributed by atoms with van der Waals surface area (Å²) in [6.45, 7) is 1.94. The molecule has 1 N–H and O–H groups in total. The van der Waals surface area contributed by atoms with E-state index < -0.39 is 39.6 Å². The molecule has 0 fully saturated rings. The molecular formula is C26H22O9S3. The van der Waals surface area contributed by atoms with Crippen LogP contribution in [0.15, 0.2) is 111 Å². The van der Waals surface area contributed by atoms with E-state index in [1.165, 1.54) is 48.5 Å². The normalized spacial score (nSPS) is 12.2. The summed E-state index contributed by atoms with van der Waals surface area (Å²) in [5.41, 5.74) is 1.06.